The average Bonchev–Trinajstić information content (AvgIpc) is 2.12. The number of anilines is 1. The molecule has 0 unspecified atom stereocenters. The molecule has 0 spiro atoms. The molecule has 84 valence electrons. The van der Waals surface area contributed by atoms with E-state index in [-0.39, 0.29) is 10.2 Å². The Labute approximate surface area is 93.5 Å². The van der Waals surface area contributed by atoms with Gasteiger partial charge in [-0.15, -0.1) is 0 Å². The van der Waals surface area contributed by atoms with Gasteiger partial charge in [0, 0.05) is 0 Å². The monoisotopic (exact) mass is 277 g/mol. The molecule has 0 aromatic carbocycles. The van der Waals surface area contributed by atoms with E-state index >= 15 is 0 Å². The maximum atomic E-state index is 12.0. The van der Waals surface area contributed by atoms with E-state index in [4.69, 9.17) is 23.2 Å². The van der Waals surface area contributed by atoms with E-state index in [9.17, 15) is 17.2 Å². The summed E-state index contributed by atoms with van der Waals surface area (Å²) in [6, 6.07) is 0. The number of nitrogens with one attached hydrogen (secondary N) is 1. The molecule has 0 saturated heterocycles. The van der Waals surface area contributed by atoms with Crippen LogP contribution >= 0.6 is 23.2 Å². The molecule has 0 fully saturated rings. The van der Waals surface area contributed by atoms with Crippen LogP contribution in [0.4, 0.5) is 14.6 Å². The summed E-state index contributed by atoms with van der Waals surface area (Å²) in [4.78, 5) is 6.77. The van der Waals surface area contributed by atoms with E-state index in [1.165, 1.54) is 4.72 Å². The molecule has 0 bridgehead atoms. The summed E-state index contributed by atoms with van der Waals surface area (Å²) in [6.07, 6.45) is 0.886. The first-order valence-corrected chi connectivity index (χ1v) is 5.60. The first-order valence-electron chi connectivity index (χ1n) is 3.30. The van der Waals surface area contributed by atoms with Crippen LogP contribution in [-0.2, 0) is 10.0 Å². The first kappa shape index (κ1) is 12.3. The summed E-state index contributed by atoms with van der Waals surface area (Å²) in [6.45, 7) is 0. The summed E-state index contributed by atoms with van der Waals surface area (Å²) in [5.74, 6) is -4.07. The van der Waals surface area contributed by atoms with Gasteiger partial charge in [-0.3, -0.25) is 4.72 Å². The van der Waals surface area contributed by atoms with Crippen LogP contribution in [0.15, 0.2) is 6.33 Å². The molecular weight excluding hydrogens is 275 g/mol. The smallest absolute Gasteiger partial charge is 0.261 e. The fourth-order valence-electron chi connectivity index (χ4n) is 0.599. The number of alkyl halides is 2. The molecule has 0 aliphatic carbocycles. The zero-order valence-corrected chi connectivity index (χ0v) is 9.11. The molecule has 0 atom stereocenters. The minimum Gasteiger partial charge on any atom is -0.261 e. The lowest BCUT2D eigenvalue weighted by Crippen LogP contribution is -2.21. The Balaban J connectivity index is 3.06. The molecular formula is C5H3Cl2F2N3O2S. The maximum absolute atomic E-state index is 12.0. The summed E-state index contributed by atoms with van der Waals surface area (Å²) < 4.78 is 46.9. The second-order valence-corrected chi connectivity index (χ2v) is 4.62. The van der Waals surface area contributed by atoms with Crippen molar-refractivity contribution in [2.75, 3.05) is 4.72 Å². The highest BCUT2D eigenvalue weighted by atomic mass is 35.5. The third kappa shape index (κ3) is 2.86. The van der Waals surface area contributed by atoms with Crippen molar-refractivity contribution in [3.05, 3.63) is 16.5 Å². The van der Waals surface area contributed by atoms with Gasteiger partial charge < -0.3 is 0 Å². The zero-order chi connectivity index (χ0) is 11.6. The van der Waals surface area contributed by atoms with Crippen molar-refractivity contribution >= 4 is 39.0 Å². The molecule has 1 aromatic heterocycles. The van der Waals surface area contributed by atoms with E-state index in [1.807, 2.05) is 0 Å². The van der Waals surface area contributed by atoms with Gasteiger partial charge in [0.2, 0.25) is 0 Å². The second kappa shape index (κ2) is 4.42. The minimum atomic E-state index is -4.81. The molecule has 5 nitrogen and oxygen atoms in total. The van der Waals surface area contributed by atoms with Crippen LogP contribution in [0.25, 0.3) is 0 Å². The zero-order valence-electron chi connectivity index (χ0n) is 6.79. The number of hydrogen-bond donors (Lipinski definition) is 1. The van der Waals surface area contributed by atoms with E-state index in [0.29, 0.717) is 0 Å². The van der Waals surface area contributed by atoms with Crippen LogP contribution in [0.5, 0.6) is 0 Å². The van der Waals surface area contributed by atoms with Gasteiger partial charge in [0.25, 0.3) is 10.0 Å². The van der Waals surface area contributed by atoms with Crippen molar-refractivity contribution in [3.8, 4) is 0 Å². The van der Waals surface area contributed by atoms with E-state index < -0.39 is 21.6 Å². The van der Waals surface area contributed by atoms with Crippen LogP contribution in [0.2, 0.25) is 10.2 Å². The Kier molecular flexibility index (Phi) is 3.63. The standard InChI is InChI=1S/C5H3Cl2F2N3O2S/c6-2-3(7)10-1-11-4(2)12-15(13,14)5(8)9/h1,5H,(H,10,11,12). The van der Waals surface area contributed by atoms with Crippen LogP contribution in [0.3, 0.4) is 0 Å². The minimum absolute atomic E-state index is 0.237. The van der Waals surface area contributed by atoms with Crippen molar-refractivity contribution in [1.29, 1.82) is 0 Å². The van der Waals surface area contributed by atoms with Gasteiger partial charge in [-0.05, 0) is 0 Å². The highest BCUT2D eigenvalue weighted by Crippen LogP contribution is 2.26. The van der Waals surface area contributed by atoms with Gasteiger partial charge >= 0.3 is 5.76 Å². The predicted molar refractivity (Wildman–Crippen MR) is 50.6 cm³/mol. The van der Waals surface area contributed by atoms with Crippen molar-refractivity contribution in [2.45, 2.75) is 5.76 Å². The highest BCUT2D eigenvalue weighted by Gasteiger charge is 2.25. The number of sulfonamides is 1. The Morgan fingerprint density at radius 3 is 2.47 bits per heavy atom. The van der Waals surface area contributed by atoms with Crippen LogP contribution in [-0.4, -0.2) is 24.1 Å². The van der Waals surface area contributed by atoms with E-state index in [2.05, 4.69) is 9.97 Å². The maximum Gasteiger partial charge on any atom is 0.355 e. The van der Waals surface area contributed by atoms with Crippen LogP contribution in [0, 0.1) is 0 Å². The summed E-state index contributed by atoms with van der Waals surface area (Å²) >= 11 is 10.9. The SMILES string of the molecule is O=S(=O)(Nc1ncnc(Cl)c1Cl)C(F)F. The molecule has 1 aromatic rings. The number of rotatable bonds is 3. The molecule has 0 aliphatic rings. The van der Waals surface area contributed by atoms with Gasteiger partial charge in [-0.2, -0.15) is 8.78 Å². The number of aromatic nitrogens is 2. The Bertz CT molecular complexity index is 467. The first-order chi connectivity index (χ1) is 6.84. The molecule has 0 aliphatic heterocycles. The lowest BCUT2D eigenvalue weighted by atomic mass is 10.6. The molecule has 1 N–H and O–H groups in total. The largest absolute Gasteiger partial charge is 0.355 e. The quantitative estimate of drug-likeness (QED) is 0.855. The van der Waals surface area contributed by atoms with E-state index in [0.717, 1.165) is 6.33 Å². The summed E-state index contributed by atoms with van der Waals surface area (Å²) in [5, 5.41) is -0.581. The molecule has 0 radical (unpaired) electrons. The van der Waals surface area contributed by atoms with Gasteiger partial charge in [-0.1, -0.05) is 23.2 Å². The average molecular weight is 278 g/mol. The fraction of sp³-hybridized carbons (Fsp3) is 0.200. The van der Waals surface area contributed by atoms with E-state index in [1.54, 1.807) is 0 Å². The van der Waals surface area contributed by atoms with Crippen molar-refractivity contribution in [2.24, 2.45) is 0 Å². The predicted octanol–water partition coefficient (Wildman–Crippen LogP) is 1.75. The highest BCUT2D eigenvalue weighted by molar-refractivity contribution is 7.93. The van der Waals surface area contributed by atoms with Crippen molar-refractivity contribution in [1.82, 2.24) is 9.97 Å². The summed E-state index contributed by atoms with van der Waals surface area (Å²) in [5.41, 5.74) is 0. The van der Waals surface area contributed by atoms with Gasteiger partial charge in [0.05, 0.1) is 0 Å². The van der Waals surface area contributed by atoms with Crippen LogP contribution in [0.1, 0.15) is 0 Å². The van der Waals surface area contributed by atoms with Crippen molar-refractivity contribution in [3.63, 3.8) is 0 Å². The lowest BCUT2D eigenvalue weighted by molar-refractivity contribution is 0.236. The number of halogens is 4. The molecule has 10 heteroatoms. The normalized spacial score (nSPS) is 11.8. The second-order valence-electron chi connectivity index (χ2n) is 2.23. The molecule has 15 heavy (non-hydrogen) atoms. The Morgan fingerprint density at radius 1 is 1.33 bits per heavy atom. The molecule has 1 rings (SSSR count). The molecule has 0 saturated carbocycles. The lowest BCUT2D eigenvalue weighted by Gasteiger charge is -2.07. The molecule has 1 heterocycles. The fourth-order valence-corrected chi connectivity index (χ4v) is 1.45. The Hall–Kier alpha value is -0.730. The number of nitrogens with zero attached hydrogens (tertiary/aromatic N) is 2. The van der Waals surface area contributed by atoms with Gasteiger partial charge in [0.15, 0.2) is 11.0 Å². The van der Waals surface area contributed by atoms with Crippen molar-refractivity contribution < 1.29 is 17.2 Å². The molecule has 0 amide bonds. The third-order valence-electron chi connectivity index (χ3n) is 1.22. The summed E-state index contributed by atoms with van der Waals surface area (Å²) in [7, 11) is -4.81. The number of hydrogen-bond acceptors (Lipinski definition) is 4. The van der Waals surface area contributed by atoms with Gasteiger partial charge in [-0.25, -0.2) is 18.4 Å². The third-order valence-corrected chi connectivity index (χ3v) is 2.91. The van der Waals surface area contributed by atoms with Crippen LogP contribution < -0.4 is 4.72 Å². The Morgan fingerprint density at radius 2 is 1.93 bits per heavy atom. The van der Waals surface area contributed by atoms with Gasteiger partial charge in [0.1, 0.15) is 11.3 Å². The topological polar surface area (TPSA) is 72.0 Å².